The van der Waals surface area contributed by atoms with E-state index < -0.39 is 0 Å². The normalized spacial score (nSPS) is 12.9. The van der Waals surface area contributed by atoms with E-state index in [0.717, 1.165) is 16.7 Å². The monoisotopic (exact) mass is 261 g/mol. The second-order valence-electron chi connectivity index (χ2n) is 5.12. The molecule has 1 heterocycles. The van der Waals surface area contributed by atoms with Crippen LogP contribution in [0.1, 0.15) is 30.0 Å². The van der Waals surface area contributed by atoms with Crippen molar-refractivity contribution in [2.45, 2.75) is 26.8 Å². The van der Waals surface area contributed by atoms with Crippen LogP contribution in [0.25, 0.3) is 11.0 Å². The number of aliphatic hydroxyl groups is 1. The van der Waals surface area contributed by atoms with Crippen molar-refractivity contribution in [1.82, 2.24) is 5.32 Å². The summed E-state index contributed by atoms with van der Waals surface area (Å²) in [6.07, 6.45) is 0. The molecule has 0 fully saturated rings. The van der Waals surface area contributed by atoms with E-state index in [1.165, 1.54) is 0 Å². The maximum atomic E-state index is 12.1. The number of aryl methyl sites for hydroxylation is 1. The van der Waals surface area contributed by atoms with Gasteiger partial charge < -0.3 is 14.8 Å². The molecule has 2 N–H and O–H groups in total. The molecule has 1 aromatic carbocycles. The molecule has 19 heavy (non-hydrogen) atoms. The molecule has 0 saturated heterocycles. The summed E-state index contributed by atoms with van der Waals surface area (Å²) in [5.41, 5.74) is 1.35. The van der Waals surface area contributed by atoms with E-state index in [1.54, 1.807) is 18.2 Å². The van der Waals surface area contributed by atoms with E-state index in [9.17, 15) is 9.90 Å². The Hall–Kier alpha value is -1.81. The van der Waals surface area contributed by atoms with Gasteiger partial charge in [0.15, 0.2) is 0 Å². The molecular weight excluding hydrogens is 242 g/mol. The third-order valence-electron chi connectivity index (χ3n) is 3.22. The summed E-state index contributed by atoms with van der Waals surface area (Å²) >= 11 is 0. The molecule has 1 amide bonds. The quantitative estimate of drug-likeness (QED) is 0.888. The Kier molecular flexibility index (Phi) is 3.90. The number of rotatable bonds is 4. The van der Waals surface area contributed by atoms with Crippen LogP contribution in [-0.4, -0.2) is 23.7 Å². The summed E-state index contributed by atoms with van der Waals surface area (Å²) in [5, 5.41) is 13.0. The topological polar surface area (TPSA) is 62.5 Å². The van der Waals surface area contributed by atoms with Gasteiger partial charge in [-0.15, -0.1) is 0 Å². The van der Waals surface area contributed by atoms with E-state index >= 15 is 0 Å². The zero-order chi connectivity index (χ0) is 14.0. The first kappa shape index (κ1) is 13.6. The Morgan fingerprint density at radius 2 is 2.11 bits per heavy atom. The summed E-state index contributed by atoms with van der Waals surface area (Å²) in [5.74, 6) is 0.838. The lowest BCUT2D eigenvalue weighted by Gasteiger charge is -2.19. The molecule has 0 aliphatic carbocycles. The molecule has 0 saturated carbocycles. The molecule has 1 atom stereocenters. The van der Waals surface area contributed by atoms with Crippen molar-refractivity contribution in [2.75, 3.05) is 6.61 Å². The number of carbonyl (C=O) groups is 1. The van der Waals surface area contributed by atoms with Crippen LogP contribution >= 0.6 is 0 Å². The van der Waals surface area contributed by atoms with E-state index in [0.29, 0.717) is 5.56 Å². The van der Waals surface area contributed by atoms with Crippen LogP contribution in [0.2, 0.25) is 0 Å². The van der Waals surface area contributed by atoms with Gasteiger partial charge in [-0.2, -0.15) is 0 Å². The van der Waals surface area contributed by atoms with Gasteiger partial charge in [-0.3, -0.25) is 4.79 Å². The summed E-state index contributed by atoms with van der Waals surface area (Å²) in [7, 11) is 0. The smallest absolute Gasteiger partial charge is 0.251 e. The highest BCUT2D eigenvalue weighted by Gasteiger charge is 2.16. The van der Waals surface area contributed by atoms with Crippen LogP contribution in [0.5, 0.6) is 0 Å². The maximum Gasteiger partial charge on any atom is 0.251 e. The van der Waals surface area contributed by atoms with Gasteiger partial charge in [-0.05, 0) is 37.1 Å². The predicted molar refractivity (Wildman–Crippen MR) is 74.1 cm³/mol. The molecule has 0 aliphatic heterocycles. The number of hydrogen-bond donors (Lipinski definition) is 2. The van der Waals surface area contributed by atoms with E-state index in [-0.39, 0.29) is 24.5 Å². The first-order chi connectivity index (χ1) is 9.01. The van der Waals surface area contributed by atoms with E-state index in [1.807, 2.05) is 26.8 Å². The first-order valence-corrected chi connectivity index (χ1v) is 6.43. The number of carbonyl (C=O) groups excluding carboxylic acids is 1. The Bertz CT molecular complexity index is 586. The van der Waals surface area contributed by atoms with Crippen molar-refractivity contribution in [3.63, 3.8) is 0 Å². The van der Waals surface area contributed by atoms with Crippen molar-refractivity contribution < 1.29 is 14.3 Å². The van der Waals surface area contributed by atoms with E-state index in [2.05, 4.69) is 5.32 Å². The fourth-order valence-electron chi connectivity index (χ4n) is 1.99. The van der Waals surface area contributed by atoms with Crippen LogP contribution in [0.4, 0.5) is 0 Å². The molecule has 0 spiro atoms. The minimum Gasteiger partial charge on any atom is -0.461 e. The Balaban J connectivity index is 2.21. The molecular formula is C15H19NO3. The molecule has 4 nitrogen and oxygen atoms in total. The number of fused-ring (bicyclic) bond motifs is 1. The number of aliphatic hydroxyl groups excluding tert-OH is 1. The van der Waals surface area contributed by atoms with Crippen molar-refractivity contribution in [1.29, 1.82) is 0 Å². The maximum absolute atomic E-state index is 12.1. The van der Waals surface area contributed by atoms with Crippen LogP contribution in [0, 0.1) is 12.8 Å². The van der Waals surface area contributed by atoms with Gasteiger partial charge in [0, 0.05) is 10.9 Å². The highest BCUT2D eigenvalue weighted by molar-refractivity contribution is 5.98. The van der Waals surface area contributed by atoms with Crippen molar-refractivity contribution in [2.24, 2.45) is 5.92 Å². The second-order valence-corrected chi connectivity index (χ2v) is 5.12. The second kappa shape index (κ2) is 5.45. The van der Waals surface area contributed by atoms with Crippen molar-refractivity contribution in [3.8, 4) is 0 Å². The van der Waals surface area contributed by atoms with Gasteiger partial charge in [-0.25, -0.2) is 0 Å². The summed E-state index contributed by atoms with van der Waals surface area (Å²) in [6.45, 7) is 5.74. The largest absolute Gasteiger partial charge is 0.461 e. The average Bonchev–Trinajstić information content (AvgIpc) is 2.74. The highest BCUT2D eigenvalue weighted by Crippen LogP contribution is 2.20. The molecule has 0 bridgehead atoms. The number of furan rings is 1. The van der Waals surface area contributed by atoms with Crippen LogP contribution in [-0.2, 0) is 0 Å². The molecule has 0 radical (unpaired) electrons. The molecule has 1 aromatic heterocycles. The van der Waals surface area contributed by atoms with Gasteiger partial charge in [0.2, 0.25) is 0 Å². The van der Waals surface area contributed by atoms with Crippen molar-refractivity contribution >= 4 is 16.9 Å². The molecule has 2 rings (SSSR count). The van der Waals surface area contributed by atoms with Gasteiger partial charge in [-0.1, -0.05) is 13.8 Å². The zero-order valence-electron chi connectivity index (χ0n) is 11.4. The minimum atomic E-state index is -0.228. The molecule has 2 aromatic rings. The Labute approximate surface area is 112 Å². The van der Waals surface area contributed by atoms with Gasteiger partial charge in [0.05, 0.1) is 12.6 Å². The van der Waals surface area contributed by atoms with E-state index in [4.69, 9.17) is 4.42 Å². The minimum absolute atomic E-state index is 0.0591. The Morgan fingerprint density at radius 3 is 2.74 bits per heavy atom. The van der Waals surface area contributed by atoms with Crippen molar-refractivity contribution in [3.05, 3.63) is 35.6 Å². The molecule has 0 aliphatic rings. The number of amides is 1. The van der Waals surface area contributed by atoms with Gasteiger partial charge >= 0.3 is 0 Å². The van der Waals surface area contributed by atoms with Crippen LogP contribution in [0.15, 0.2) is 28.7 Å². The number of benzene rings is 1. The predicted octanol–water partition coefficient (Wildman–Crippen LogP) is 2.49. The fraction of sp³-hybridized carbons (Fsp3) is 0.400. The highest BCUT2D eigenvalue weighted by atomic mass is 16.3. The fourth-order valence-corrected chi connectivity index (χ4v) is 1.99. The van der Waals surface area contributed by atoms with Crippen LogP contribution in [0.3, 0.4) is 0 Å². The van der Waals surface area contributed by atoms with Gasteiger partial charge in [0.1, 0.15) is 11.3 Å². The van der Waals surface area contributed by atoms with Gasteiger partial charge in [0.25, 0.3) is 5.91 Å². The lowest BCUT2D eigenvalue weighted by atomic mass is 10.0. The summed E-state index contributed by atoms with van der Waals surface area (Å²) < 4.78 is 5.47. The Morgan fingerprint density at radius 1 is 1.37 bits per heavy atom. The third-order valence-corrected chi connectivity index (χ3v) is 3.22. The molecule has 102 valence electrons. The lowest BCUT2D eigenvalue weighted by Crippen LogP contribution is -2.41. The standard InChI is InChI=1S/C15H19NO3/c1-9(2)13(8-17)16-15(18)11-4-5-14-12(7-11)6-10(3)19-14/h4-7,9,13,17H,8H2,1-3H3,(H,16,18)/t13-/m0/s1. The number of hydrogen-bond acceptors (Lipinski definition) is 3. The zero-order valence-corrected chi connectivity index (χ0v) is 11.4. The van der Waals surface area contributed by atoms with Crippen LogP contribution < -0.4 is 5.32 Å². The third kappa shape index (κ3) is 2.96. The number of nitrogens with one attached hydrogen (secondary N) is 1. The SMILES string of the molecule is Cc1cc2cc(C(=O)N[C@@H](CO)C(C)C)ccc2o1. The summed E-state index contributed by atoms with van der Waals surface area (Å²) in [6, 6.07) is 7.00. The molecule has 0 unspecified atom stereocenters. The summed E-state index contributed by atoms with van der Waals surface area (Å²) in [4.78, 5) is 12.1. The molecule has 4 heteroatoms. The lowest BCUT2D eigenvalue weighted by molar-refractivity contribution is 0.0897. The first-order valence-electron chi connectivity index (χ1n) is 6.43. The average molecular weight is 261 g/mol.